The number of amides is 4. The van der Waals surface area contributed by atoms with E-state index < -0.39 is 17.8 Å². The van der Waals surface area contributed by atoms with E-state index in [9.17, 15) is 14.4 Å². The normalized spacial score (nSPS) is 17.2. The lowest BCUT2D eigenvalue weighted by Crippen LogP contribution is -2.56. The van der Waals surface area contributed by atoms with Crippen molar-refractivity contribution >= 4 is 73.3 Å². The van der Waals surface area contributed by atoms with Crippen molar-refractivity contribution in [3.05, 3.63) is 190 Å². The third-order valence-electron chi connectivity index (χ3n) is 12.3. The summed E-state index contributed by atoms with van der Waals surface area (Å²) in [5.74, 6) is -1.09. The molecule has 4 amide bonds. The van der Waals surface area contributed by atoms with E-state index >= 15 is 0 Å². The molecule has 2 aromatic heterocycles. The van der Waals surface area contributed by atoms with Gasteiger partial charge in [-0.25, -0.2) is 4.79 Å². The molecule has 7 nitrogen and oxygen atoms in total. The summed E-state index contributed by atoms with van der Waals surface area (Å²) in [6.07, 6.45) is 9.77. The molecule has 0 radical (unpaired) electrons. The van der Waals surface area contributed by atoms with Crippen molar-refractivity contribution in [2.45, 2.75) is 39.8 Å². The van der Waals surface area contributed by atoms with Gasteiger partial charge in [-0.1, -0.05) is 133 Å². The minimum Gasteiger partial charge on any atom is -0.336 e. The molecule has 8 aromatic rings. The molecular weight excluding hydrogens is 741 g/mol. The number of urea groups is 1. The zero-order valence-electron chi connectivity index (χ0n) is 33.8. The van der Waals surface area contributed by atoms with Crippen molar-refractivity contribution in [3.63, 3.8) is 0 Å². The molecule has 0 atom stereocenters. The molecule has 2 aliphatic rings. The second-order valence-electron chi connectivity index (χ2n) is 15.6. The molecular formula is C53H44N4O3. The molecule has 1 saturated carbocycles. The number of carbonyl (C=O) groups excluding carboxylic acids is 3. The molecule has 294 valence electrons. The lowest BCUT2D eigenvalue weighted by atomic mass is 9.95. The topological polar surface area (TPSA) is 67.6 Å². The van der Waals surface area contributed by atoms with Gasteiger partial charge in [0.15, 0.2) is 0 Å². The predicted molar refractivity (Wildman–Crippen MR) is 242 cm³/mol. The molecule has 10 rings (SSSR count). The Hall–Kier alpha value is -7.25. The number of benzene rings is 6. The van der Waals surface area contributed by atoms with E-state index in [1.165, 1.54) is 42.5 Å². The highest BCUT2D eigenvalue weighted by Gasteiger charge is 2.43. The summed E-state index contributed by atoms with van der Waals surface area (Å²) in [5, 5.41) is 9.15. The lowest BCUT2D eigenvalue weighted by Gasteiger charge is -2.33. The van der Waals surface area contributed by atoms with Crippen LogP contribution in [0.1, 0.15) is 37.8 Å². The van der Waals surface area contributed by atoms with Gasteiger partial charge < -0.3 is 9.13 Å². The first-order valence-electron chi connectivity index (χ1n) is 20.9. The number of imide groups is 2. The molecule has 60 heavy (non-hydrogen) atoms. The molecule has 6 aromatic carbocycles. The van der Waals surface area contributed by atoms with Crippen molar-refractivity contribution in [1.29, 1.82) is 0 Å². The molecule has 0 N–H and O–H groups in total. The van der Waals surface area contributed by atoms with Crippen LogP contribution in [0.4, 0.5) is 4.79 Å². The second-order valence-corrected chi connectivity index (χ2v) is 15.6. The predicted octanol–water partition coefficient (Wildman–Crippen LogP) is 9.47. The van der Waals surface area contributed by atoms with Gasteiger partial charge in [0.2, 0.25) is 0 Å². The average Bonchev–Trinajstić information content (AvgIpc) is 3.91. The highest BCUT2D eigenvalue weighted by atomic mass is 16.2. The minimum atomic E-state index is -0.570. The SMILES string of the molecule is CCN1C(=O)C(=C2/C(=C\C=c3\c4cccc5cccc(c54)n3Cc3ccccc3)CC/C2=C/C=c2/c3cccc4cccc(c43)n2Cc2ccccc2)C(=O)N(CC)C1=O. The number of allylic oxidation sites excluding steroid dienone is 5. The van der Waals surface area contributed by atoms with E-state index in [1.54, 1.807) is 13.8 Å². The highest BCUT2D eigenvalue weighted by molar-refractivity contribution is 6.30. The fraction of sp³-hybridized carbons (Fsp3) is 0.151. The lowest BCUT2D eigenvalue weighted by molar-refractivity contribution is -0.135. The number of aromatic nitrogens is 2. The van der Waals surface area contributed by atoms with Crippen LogP contribution in [-0.2, 0) is 22.7 Å². The average molecular weight is 785 g/mol. The van der Waals surface area contributed by atoms with Gasteiger partial charge in [0.1, 0.15) is 5.57 Å². The van der Waals surface area contributed by atoms with Crippen molar-refractivity contribution in [1.82, 2.24) is 18.9 Å². The summed E-state index contributed by atoms with van der Waals surface area (Å²) in [6.45, 7) is 5.24. The van der Waals surface area contributed by atoms with Crippen LogP contribution in [0.15, 0.2) is 168 Å². The first kappa shape index (κ1) is 37.0. The van der Waals surface area contributed by atoms with Gasteiger partial charge in [-0.2, -0.15) is 0 Å². The molecule has 7 heteroatoms. The van der Waals surface area contributed by atoms with Gasteiger partial charge in [0, 0.05) is 58.4 Å². The zero-order valence-corrected chi connectivity index (χ0v) is 33.8. The number of hydrogen-bond acceptors (Lipinski definition) is 3. The Labute approximate surface area is 348 Å². The number of carbonyl (C=O) groups is 3. The number of likely N-dealkylation sites (N-methyl/N-ethyl adjacent to an activating group) is 2. The maximum atomic E-state index is 14.4. The molecule has 1 aliphatic carbocycles. The third kappa shape index (κ3) is 6.08. The van der Waals surface area contributed by atoms with Crippen molar-refractivity contribution in [2.24, 2.45) is 0 Å². The maximum absolute atomic E-state index is 14.4. The van der Waals surface area contributed by atoms with E-state index in [2.05, 4.69) is 155 Å². The minimum absolute atomic E-state index is 0.0565. The standard InChI is InChI=1S/C53H44N4O3/c1-3-54-51(58)50(52(59)55(4-2)53(54)60)47-39(29-31-43-41-23-11-19-37-21-13-25-45(48(37)41)56(43)33-35-15-7-5-8-16-35)27-28-40(47)30-32-44-42-24-12-20-38-22-14-26-46(49(38)42)57(44)34-36-17-9-6-10-18-36/h5-26,29-32H,3-4,27-28,33-34H2,1-2H3/b39-29-,40-30-,43-31-,44-32-. The molecule has 0 spiro atoms. The molecule has 0 bridgehead atoms. The number of nitrogens with zero attached hydrogens (tertiary/aromatic N) is 4. The van der Waals surface area contributed by atoms with Crippen LogP contribution in [0.3, 0.4) is 0 Å². The van der Waals surface area contributed by atoms with E-state index in [4.69, 9.17) is 0 Å². The highest BCUT2D eigenvalue weighted by Crippen LogP contribution is 2.40. The summed E-state index contributed by atoms with van der Waals surface area (Å²) < 4.78 is 4.72. The van der Waals surface area contributed by atoms with Crippen LogP contribution < -0.4 is 10.7 Å². The Kier molecular flexibility index (Phi) is 9.36. The molecule has 0 unspecified atom stereocenters. The number of hydrogen-bond donors (Lipinski definition) is 0. The van der Waals surface area contributed by atoms with E-state index in [-0.39, 0.29) is 18.7 Å². The Morgan fingerprint density at radius 2 is 0.883 bits per heavy atom. The Bertz CT molecular complexity index is 3010. The maximum Gasteiger partial charge on any atom is 0.333 e. The monoisotopic (exact) mass is 784 g/mol. The van der Waals surface area contributed by atoms with Crippen LogP contribution in [-0.4, -0.2) is 49.9 Å². The van der Waals surface area contributed by atoms with E-state index in [0.717, 1.165) is 43.7 Å². The Balaban J connectivity index is 1.21. The summed E-state index contributed by atoms with van der Waals surface area (Å²) in [5.41, 5.74) is 7.14. The summed E-state index contributed by atoms with van der Waals surface area (Å²) >= 11 is 0. The molecule has 1 saturated heterocycles. The summed E-state index contributed by atoms with van der Waals surface area (Å²) in [4.78, 5) is 44.6. The van der Waals surface area contributed by atoms with Crippen LogP contribution in [0.25, 0.3) is 55.5 Å². The fourth-order valence-corrected chi connectivity index (χ4v) is 9.49. The Morgan fingerprint density at radius 1 is 0.467 bits per heavy atom. The first-order chi connectivity index (χ1) is 29.4. The van der Waals surface area contributed by atoms with E-state index in [0.29, 0.717) is 31.5 Å². The quantitative estimate of drug-likeness (QED) is 0.114. The largest absolute Gasteiger partial charge is 0.336 e. The van der Waals surface area contributed by atoms with Gasteiger partial charge in [0.05, 0.1) is 11.0 Å². The zero-order chi connectivity index (χ0) is 40.9. The van der Waals surface area contributed by atoms with Crippen molar-refractivity contribution in [3.8, 4) is 0 Å². The first-order valence-corrected chi connectivity index (χ1v) is 20.9. The second kappa shape index (κ2) is 15.2. The Morgan fingerprint density at radius 3 is 1.30 bits per heavy atom. The van der Waals surface area contributed by atoms with Crippen LogP contribution >= 0.6 is 0 Å². The van der Waals surface area contributed by atoms with Crippen LogP contribution in [0.2, 0.25) is 0 Å². The number of barbiturate groups is 1. The molecule has 3 heterocycles. The third-order valence-corrected chi connectivity index (χ3v) is 12.3. The summed E-state index contributed by atoms with van der Waals surface area (Å²) in [6, 6.07) is 46.1. The fourth-order valence-electron chi connectivity index (χ4n) is 9.49. The van der Waals surface area contributed by atoms with Gasteiger partial charge in [-0.05, 0) is 89.6 Å². The van der Waals surface area contributed by atoms with Crippen molar-refractivity contribution < 1.29 is 14.4 Å². The van der Waals surface area contributed by atoms with Gasteiger partial charge in [-0.15, -0.1) is 0 Å². The molecule has 2 fully saturated rings. The summed E-state index contributed by atoms with van der Waals surface area (Å²) in [7, 11) is 0. The van der Waals surface area contributed by atoms with E-state index in [1.807, 2.05) is 12.1 Å². The van der Waals surface area contributed by atoms with Gasteiger partial charge in [0.25, 0.3) is 11.8 Å². The van der Waals surface area contributed by atoms with Crippen LogP contribution in [0.5, 0.6) is 0 Å². The molecule has 1 aliphatic heterocycles. The van der Waals surface area contributed by atoms with Crippen molar-refractivity contribution in [2.75, 3.05) is 13.1 Å². The van der Waals surface area contributed by atoms with Gasteiger partial charge >= 0.3 is 6.03 Å². The number of rotatable bonds is 8. The van der Waals surface area contributed by atoms with Gasteiger partial charge in [-0.3, -0.25) is 19.4 Å². The van der Waals surface area contributed by atoms with Crippen LogP contribution in [0, 0.1) is 0 Å². The smallest absolute Gasteiger partial charge is 0.333 e.